The van der Waals surface area contributed by atoms with Crippen molar-refractivity contribution in [1.82, 2.24) is 5.32 Å². The lowest BCUT2D eigenvalue weighted by Gasteiger charge is -2.20. The third-order valence-electron chi connectivity index (χ3n) is 3.60. The SMILES string of the molecule is CNC(c1ccc(Cl)cc1Cl)C1CC1(C)C. The number of nitrogens with one attached hydrogen (secondary N) is 1. The van der Waals surface area contributed by atoms with Crippen molar-refractivity contribution in [3.05, 3.63) is 33.8 Å². The lowest BCUT2D eigenvalue weighted by atomic mass is 9.97. The second kappa shape index (κ2) is 4.21. The summed E-state index contributed by atoms with van der Waals surface area (Å²) in [6, 6.07) is 6.08. The van der Waals surface area contributed by atoms with E-state index in [1.165, 1.54) is 6.42 Å². The zero-order valence-corrected chi connectivity index (χ0v) is 11.4. The van der Waals surface area contributed by atoms with E-state index in [2.05, 4.69) is 19.2 Å². The summed E-state index contributed by atoms with van der Waals surface area (Å²) in [6.07, 6.45) is 1.25. The fourth-order valence-electron chi connectivity index (χ4n) is 2.40. The third kappa shape index (κ3) is 2.22. The highest BCUT2D eigenvalue weighted by atomic mass is 35.5. The number of rotatable bonds is 3. The predicted octanol–water partition coefficient (Wildman–Crippen LogP) is 4.30. The van der Waals surface area contributed by atoms with Crippen LogP contribution in [0.2, 0.25) is 10.0 Å². The van der Waals surface area contributed by atoms with Crippen LogP contribution < -0.4 is 5.32 Å². The lowest BCUT2D eigenvalue weighted by Crippen LogP contribution is -2.20. The smallest absolute Gasteiger partial charge is 0.0468 e. The summed E-state index contributed by atoms with van der Waals surface area (Å²) in [7, 11) is 1.99. The Bertz CT molecular complexity index is 401. The zero-order chi connectivity index (χ0) is 11.9. The second-order valence-corrected chi connectivity index (χ2v) is 6.08. The highest BCUT2D eigenvalue weighted by Gasteiger charge is 2.50. The molecule has 2 atom stereocenters. The Kier molecular flexibility index (Phi) is 3.22. The molecule has 1 aromatic carbocycles. The van der Waals surface area contributed by atoms with Crippen LogP contribution in [0.1, 0.15) is 31.9 Å². The first-order valence-electron chi connectivity index (χ1n) is 5.58. The molecule has 1 aromatic rings. The van der Waals surface area contributed by atoms with Gasteiger partial charge in [0, 0.05) is 16.1 Å². The van der Waals surface area contributed by atoms with E-state index >= 15 is 0 Å². The summed E-state index contributed by atoms with van der Waals surface area (Å²) in [5.41, 5.74) is 1.58. The zero-order valence-electron chi connectivity index (χ0n) is 9.85. The molecule has 1 fully saturated rings. The first-order valence-corrected chi connectivity index (χ1v) is 6.33. The van der Waals surface area contributed by atoms with E-state index in [4.69, 9.17) is 23.2 Å². The molecule has 3 heteroatoms. The van der Waals surface area contributed by atoms with E-state index in [-0.39, 0.29) is 0 Å². The van der Waals surface area contributed by atoms with Crippen LogP contribution in [0.15, 0.2) is 18.2 Å². The quantitative estimate of drug-likeness (QED) is 0.852. The van der Waals surface area contributed by atoms with E-state index in [1.807, 2.05) is 25.2 Å². The van der Waals surface area contributed by atoms with Crippen LogP contribution >= 0.6 is 23.2 Å². The Balaban J connectivity index is 2.28. The fraction of sp³-hybridized carbons (Fsp3) is 0.538. The summed E-state index contributed by atoms with van der Waals surface area (Å²) in [5, 5.41) is 4.82. The first-order chi connectivity index (χ1) is 7.45. The Labute approximate surface area is 107 Å². The van der Waals surface area contributed by atoms with Gasteiger partial charge in [0.05, 0.1) is 0 Å². The summed E-state index contributed by atoms with van der Waals surface area (Å²) < 4.78 is 0. The van der Waals surface area contributed by atoms with Gasteiger partial charge in [0.25, 0.3) is 0 Å². The van der Waals surface area contributed by atoms with Gasteiger partial charge in [-0.05, 0) is 42.5 Å². The van der Waals surface area contributed by atoms with E-state index in [1.54, 1.807) is 0 Å². The van der Waals surface area contributed by atoms with Gasteiger partial charge in [-0.3, -0.25) is 0 Å². The summed E-state index contributed by atoms with van der Waals surface area (Å²) in [5.74, 6) is 0.663. The molecule has 1 saturated carbocycles. The molecule has 0 saturated heterocycles. The lowest BCUT2D eigenvalue weighted by molar-refractivity contribution is 0.441. The molecule has 0 amide bonds. The first kappa shape index (κ1) is 12.2. The van der Waals surface area contributed by atoms with Crippen LogP contribution in [0.5, 0.6) is 0 Å². The molecule has 0 spiro atoms. The second-order valence-electron chi connectivity index (χ2n) is 5.23. The Morgan fingerprint density at radius 1 is 1.38 bits per heavy atom. The minimum Gasteiger partial charge on any atom is -0.313 e. The molecule has 88 valence electrons. The topological polar surface area (TPSA) is 12.0 Å². The van der Waals surface area contributed by atoms with Crippen molar-refractivity contribution in [3.63, 3.8) is 0 Å². The van der Waals surface area contributed by atoms with Crippen molar-refractivity contribution in [2.45, 2.75) is 26.3 Å². The highest BCUT2D eigenvalue weighted by Crippen LogP contribution is 2.58. The molecule has 1 nitrogen and oxygen atoms in total. The van der Waals surface area contributed by atoms with Crippen LogP contribution in [0, 0.1) is 11.3 Å². The molecule has 2 rings (SSSR count). The van der Waals surface area contributed by atoms with E-state index < -0.39 is 0 Å². The average Bonchev–Trinajstić information content (AvgIpc) is 2.80. The summed E-state index contributed by atoms with van der Waals surface area (Å²) in [4.78, 5) is 0. The molecule has 0 radical (unpaired) electrons. The van der Waals surface area contributed by atoms with Crippen LogP contribution in [-0.2, 0) is 0 Å². The molecular weight excluding hydrogens is 241 g/mol. The highest BCUT2D eigenvalue weighted by molar-refractivity contribution is 6.35. The van der Waals surface area contributed by atoms with Crippen LogP contribution in [0.4, 0.5) is 0 Å². The number of benzene rings is 1. The number of hydrogen-bond donors (Lipinski definition) is 1. The van der Waals surface area contributed by atoms with Gasteiger partial charge in [-0.25, -0.2) is 0 Å². The van der Waals surface area contributed by atoms with Gasteiger partial charge >= 0.3 is 0 Å². The van der Waals surface area contributed by atoms with Crippen molar-refractivity contribution < 1.29 is 0 Å². The van der Waals surface area contributed by atoms with E-state index in [9.17, 15) is 0 Å². The third-order valence-corrected chi connectivity index (χ3v) is 4.16. The van der Waals surface area contributed by atoms with Gasteiger partial charge in [-0.2, -0.15) is 0 Å². The number of hydrogen-bond acceptors (Lipinski definition) is 1. The molecule has 0 aromatic heterocycles. The molecule has 2 unspecified atom stereocenters. The van der Waals surface area contributed by atoms with Crippen molar-refractivity contribution >= 4 is 23.2 Å². The van der Waals surface area contributed by atoms with Gasteiger partial charge in [-0.1, -0.05) is 43.1 Å². The largest absolute Gasteiger partial charge is 0.313 e. The molecule has 0 aliphatic heterocycles. The molecule has 0 heterocycles. The molecule has 16 heavy (non-hydrogen) atoms. The van der Waals surface area contributed by atoms with Crippen LogP contribution in [-0.4, -0.2) is 7.05 Å². The standard InChI is InChI=1S/C13H17Cl2N/c1-13(2)7-10(13)12(16-3)9-5-4-8(14)6-11(9)15/h4-6,10,12,16H,7H2,1-3H3. The Hall–Kier alpha value is -0.240. The summed E-state index contributed by atoms with van der Waals surface area (Å²) >= 11 is 12.2. The monoisotopic (exact) mass is 257 g/mol. The van der Waals surface area contributed by atoms with Crippen LogP contribution in [0.25, 0.3) is 0 Å². The van der Waals surface area contributed by atoms with Gasteiger partial charge in [0.15, 0.2) is 0 Å². The van der Waals surface area contributed by atoms with Gasteiger partial charge in [0.1, 0.15) is 0 Å². The minimum absolute atomic E-state index is 0.333. The van der Waals surface area contributed by atoms with E-state index in [0.29, 0.717) is 22.4 Å². The van der Waals surface area contributed by atoms with Crippen LogP contribution in [0.3, 0.4) is 0 Å². The maximum atomic E-state index is 6.24. The molecule has 1 N–H and O–H groups in total. The Morgan fingerprint density at radius 2 is 2.00 bits per heavy atom. The molecular formula is C13H17Cl2N. The number of halogens is 2. The van der Waals surface area contributed by atoms with Gasteiger partial charge < -0.3 is 5.32 Å². The van der Waals surface area contributed by atoms with Crippen molar-refractivity contribution in [3.8, 4) is 0 Å². The van der Waals surface area contributed by atoms with Crippen molar-refractivity contribution in [2.24, 2.45) is 11.3 Å². The van der Waals surface area contributed by atoms with Crippen molar-refractivity contribution in [1.29, 1.82) is 0 Å². The molecule has 0 bridgehead atoms. The van der Waals surface area contributed by atoms with Gasteiger partial charge in [-0.15, -0.1) is 0 Å². The normalized spacial score (nSPS) is 24.2. The molecule has 1 aliphatic carbocycles. The Morgan fingerprint density at radius 3 is 2.44 bits per heavy atom. The van der Waals surface area contributed by atoms with Crippen molar-refractivity contribution in [2.75, 3.05) is 7.05 Å². The van der Waals surface area contributed by atoms with E-state index in [0.717, 1.165) is 10.6 Å². The molecule has 1 aliphatic rings. The average molecular weight is 258 g/mol. The fourth-order valence-corrected chi connectivity index (χ4v) is 2.93. The maximum Gasteiger partial charge on any atom is 0.0468 e. The van der Waals surface area contributed by atoms with Gasteiger partial charge in [0.2, 0.25) is 0 Å². The minimum atomic E-state index is 0.333. The summed E-state index contributed by atoms with van der Waals surface area (Å²) in [6.45, 7) is 4.59. The predicted molar refractivity (Wildman–Crippen MR) is 70.2 cm³/mol. The maximum absolute atomic E-state index is 6.24.